The highest BCUT2D eigenvalue weighted by Crippen LogP contribution is 2.37. The van der Waals surface area contributed by atoms with Crippen molar-refractivity contribution in [2.45, 2.75) is 19.3 Å². The number of nitrogens with zero attached hydrogens (tertiary/aromatic N) is 3. The van der Waals surface area contributed by atoms with Crippen LogP contribution in [0.3, 0.4) is 0 Å². The fourth-order valence-electron chi connectivity index (χ4n) is 4.96. The number of nitrogens with one attached hydrogen (secondary N) is 1. The molecule has 1 saturated heterocycles. The van der Waals surface area contributed by atoms with E-state index in [1.807, 2.05) is 46.2 Å². The number of carbonyl (C=O) groups excluding carboxylic acids is 2. The van der Waals surface area contributed by atoms with Crippen molar-refractivity contribution >= 4 is 46.1 Å². The summed E-state index contributed by atoms with van der Waals surface area (Å²) in [6.45, 7) is 2.99. The van der Waals surface area contributed by atoms with Crippen LogP contribution in [-0.4, -0.2) is 43.0 Å². The summed E-state index contributed by atoms with van der Waals surface area (Å²) in [5.41, 5.74) is 4.86. The van der Waals surface area contributed by atoms with Gasteiger partial charge in [0.05, 0.1) is 11.6 Å². The van der Waals surface area contributed by atoms with E-state index in [0.29, 0.717) is 23.0 Å². The van der Waals surface area contributed by atoms with Gasteiger partial charge in [-0.1, -0.05) is 23.7 Å². The molecule has 6 nitrogen and oxygen atoms in total. The van der Waals surface area contributed by atoms with E-state index in [0.717, 1.165) is 65.6 Å². The largest absolute Gasteiger partial charge is 0.316 e. The number of carbonyl (C=O) groups is 2. The van der Waals surface area contributed by atoms with E-state index >= 15 is 0 Å². The third kappa shape index (κ3) is 3.64. The van der Waals surface area contributed by atoms with E-state index in [9.17, 15) is 9.59 Å². The lowest BCUT2D eigenvalue weighted by molar-refractivity contribution is -0.121. The van der Waals surface area contributed by atoms with E-state index in [-0.39, 0.29) is 17.7 Å². The molecule has 0 aliphatic carbocycles. The van der Waals surface area contributed by atoms with Gasteiger partial charge in [0.15, 0.2) is 0 Å². The van der Waals surface area contributed by atoms with Crippen LogP contribution in [0.4, 0.5) is 11.4 Å². The summed E-state index contributed by atoms with van der Waals surface area (Å²) in [7, 11) is 0. The Morgan fingerprint density at radius 3 is 2.76 bits per heavy atom. The second kappa shape index (κ2) is 8.24. The smallest absolute Gasteiger partial charge is 0.270 e. The number of anilines is 2. The Hall–Kier alpha value is -2.74. The second-order valence-electron chi connectivity index (χ2n) is 8.75. The van der Waals surface area contributed by atoms with Gasteiger partial charge in [0.2, 0.25) is 5.91 Å². The minimum atomic E-state index is -0.00290. The van der Waals surface area contributed by atoms with Crippen LogP contribution in [0.15, 0.2) is 42.5 Å². The average molecular weight is 479 g/mol. The van der Waals surface area contributed by atoms with Crippen molar-refractivity contribution in [1.82, 2.24) is 10.3 Å². The zero-order valence-electron chi connectivity index (χ0n) is 18.0. The number of hydrogen-bond acceptors (Lipinski definition) is 5. The standard InChI is InChI=1S/C25H23ClN4O2S/c26-18-3-1-15(2-4-18)23-28-20-9-12-29(25(32)22(20)33-23)19-5-6-21-16(13-19)8-11-30(21)24(31)17-7-10-27-14-17/h1-6,13,17,27H,7-12,14H2. The van der Waals surface area contributed by atoms with Gasteiger partial charge < -0.3 is 15.1 Å². The Morgan fingerprint density at radius 1 is 1.12 bits per heavy atom. The van der Waals surface area contributed by atoms with Crippen molar-refractivity contribution in [2.24, 2.45) is 5.92 Å². The Balaban J connectivity index is 1.25. The number of benzene rings is 2. The molecule has 4 heterocycles. The third-order valence-electron chi connectivity index (χ3n) is 6.75. The lowest BCUT2D eigenvalue weighted by Crippen LogP contribution is -2.37. The molecule has 3 aromatic rings. The average Bonchev–Trinajstić information content (AvgIpc) is 3.58. The second-order valence-corrected chi connectivity index (χ2v) is 10.2. The Morgan fingerprint density at radius 2 is 1.97 bits per heavy atom. The minimum Gasteiger partial charge on any atom is -0.316 e. The van der Waals surface area contributed by atoms with Crippen LogP contribution in [0, 0.1) is 5.92 Å². The van der Waals surface area contributed by atoms with Crippen molar-refractivity contribution in [3.05, 3.63) is 63.6 Å². The highest BCUT2D eigenvalue weighted by Gasteiger charge is 2.34. The molecule has 168 valence electrons. The van der Waals surface area contributed by atoms with Crippen LogP contribution in [0.5, 0.6) is 0 Å². The first kappa shape index (κ1) is 20.8. The van der Waals surface area contributed by atoms with E-state index < -0.39 is 0 Å². The maximum Gasteiger partial charge on any atom is 0.270 e. The summed E-state index contributed by atoms with van der Waals surface area (Å²) in [6, 6.07) is 13.6. The molecule has 33 heavy (non-hydrogen) atoms. The molecule has 2 aromatic carbocycles. The number of aromatic nitrogens is 1. The van der Waals surface area contributed by atoms with Crippen LogP contribution in [-0.2, 0) is 17.6 Å². The maximum absolute atomic E-state index is 13.4. The maximum atomic E-state index is 13.4. The molecule has 1 atom stereocenters. The van der Waals surface area contributed by atoms with Crippen LogP contribution >= 0.6 is 22.9 Å². The van der Waals surface area contributed by atoms with Gasteiger partial charge in [-0.15, -0.1) is 11.3 Å². The van der Waals surface area contributed by atoms with Crippen molar-refractivity contribution in [2.75, 3.05) is 36.0 Å². The number of hydrogen-bond donors (Lipinski definition) is 1. The SMILES string of the molecule is O=C1c2sc(-c3ccc(Cl)cc3)nc2CCN1c1ccc2c(c1)CCN2C(=O)C1CCNC1. The highest BCUT2D eigenvalue weighted by atomic mass is 35.5. The van der Waals surface area contributed by atoms with Crippen LogP contribution in [0.25, 0.3) is 10.6 Å². The molecule has 0 saturated carbocycles. The van der Waals surface area contributed by atoms with Crippen LogP contribution in [0.2, 0.25) is 5.02 Å². The van der Waals surface area contributed by atoms with Gasteiger partial charge in [0.25, 0.3) is 5.91 Å². The predicted octanol–water partition coefficient (Wildman–Crippen LogP) is 4.17. The zero-order valence-corrected chi connectivity index (χ0v) is 19.6. The molecule has 3 aliphatic heterocycles. The molecule has 1 aromatic heterocycles. The predicted molar refractivity (Wildman–Crippen MR) is 131 cm³/mol. The molecular formula is C25H23ClN4O2S. The molecule has 3 aliphatic rings. The summed E-state index contributed by atoms with van der Waals surface area (Å²) >= 11 is 7.45. The lowest BCUT2D eigenvalue weighted by Gasteiger charge is -2.27. The van der Waals surface area contributed by atoms with E-state index in [1.165, 1.54) is 11.3 Å². The molecule has 6 rings (SSSR count). The first-order valence-corrected chi connectivity index (χ1v) is 12.5. The van der Waals surface area contributed by atoms with E-state index in [4.69, 9.17) is 16.6 Å². The fraction of sp³-hybridized carbons (Fsp3) is 0.320. The summed E-state index contributed by atoms with van der Waals surface area (Å²) < 4.78 is 0. The monoisotopic (exact) mass is 478 g/mol. The van der Waals surface area contributed by atoms with Crippen molar-refractivity contribution in [3.63, 3.8) is 0 Å². The van der Waals surface area contributed by atoms with Gasteiger partial charge in [-0.2, -0.15) is 0 Å². The van der Waals surface area contributed by atoms with Gasteiger partial charge in [-0.05, 0) is 55.3 Å². The van der Waals surface area contributed by atoms with Gasteiger partial charge in [0.1, 0.15) is 9.88 Å². The van der Waals surface area contributed by atoms with Crippen LogP contribution in [0.1, 0.15) is 27.3 Å². The number of rotatable bonds is 3. The normalized spacial score (nSPS) is 19.7. The summed E-state index contributed by atoms with van der Waals surface area (Å²) in [6.07, 6.45) is 2.45. The molecular weight excluding hydrogens is 456 g/mol. The topological polar surface area (TPSA) is 65.5 Å². The van der Waals surface area contributed by atoms with E-state index in [2.05, 4.69) is 11.4 Å². The number of fused-ring (bicyclic) bond motifs is 2. The summed E-state index contributed by atoms with van der Waals surface area (Å²) in [5, 5.41) is 4.80. The number of halogens is 1. The minimum absolute atomic E-state index is 0.00290. The Kier molecular flexibility index (Phi) is 5.20. The van der Waals surface area contributed by atoms with Crippen molar-refractivity contribution < 1.29 is 9.59 Å². The number of thiazole rings is 1. The van der Waals surface area contributed by atoms with Crippen molar-refractivity contribution in [3.8, 4) is 10.6 Å². The van der Waals surface area contributed by atoms with E-state index in [1.54, 1.807) is 0 Å². The molecule has 0 radical (unpaired) electrons. The van der Waals surface area contributed by atoms with Gasteiger partial charge in [-0.25, -0.2) is 4.98 Å². The molecule has 1 fully saturated rings. The lowest BCUT2D eigenvalue weighted by atomic mass is 10.1. The quantitative estimate of drug-likeness (QED) is 0.613. The molecule has 0 spiro atoms. The third-order valence-corrected chi connectivity index (χ3v) is 8.13. The fourth-order valence-corrected chi connectivity index (χ4v) is 6.16. The van der Waals surface area contributed by atoms with Gasteiger partial charge in [0, 0.05) is 48.0 Å². The molecule has 1 unspecified atom stereocenters. The summed E-state index contributed by atoms with van der Waals surface area (Å²) in [4.78, 5) is 35.5. The Bertz CT molecular complexity index is 1250. The van der Waals surface area contributed by atoms with Crippen molar-refractivity contribution in [1.29, 1.82) is 0 Å². The molecule has 2 amide bonds. The van der Waals surface area contributed by atoms with Crippen LogP contribution < -0.4 is 15.1 Å². The molecule has 0 bridgehead atoms. The first-order valence-electron chi connectivity index (χ1n) is 11.3. The Labute approximate surface area is 201 Å². The summed E-state index contributed by atoms with van der Waals surface area (Å²) in [5.74, 6) is 0.278. The molecule has 8 heteroatoms. The highest BCUT2D eigenvalue weighted by molar-refractivity contribution is 7.17. The van der Waals surface area contributed by atoms with Gasteiger partial charge in [-0.3, -0.25) is 9.59 Å². The number of amides is 2. The first-order chi connectivity index (χ1) is 16.1. The van der Waals surface area contributed by atoms with Gasteiger partial charge >= 0.3 is 0 Å². The molecule has 1 N–H and O–H groups in total. The zero-order chi connectivity index (χ0) is 22.5.